The van der Waals surface area contributed by atoms with E-state index < -0.39 is 10.0 Å². The van der Waals surface area contributed by atoms with E-state index >= 15 is 0 Å². The van der Waals surface area contributed by atoms with E-state index in [9.17, 15) is 13.2 Å². The van der Waals surface area contributed by atoms with Crippen molar-refractivity contribution < 1.29 is 17.8 Å². The van der Waals surface area contributed by atoms with Crippen LogP contribution < -0.4 is 9.88 Å². The zero-order valence-electron chi connectivity index (χ0n) is 16.8. The van der Waals surface area contributed by atoms with Gasteiger partial charge in [-0.05, 0) is 68.4 Å². The third-order valence-corrected chi connectivity index (χ3v) is 7.87. The molecule has 4 rings (SSSR count). The Balaban J connectivity index is 1.44. The van der Waals surface area contributed by atoms with Gasteiger partial charge in [0, 0.05) is 37.3 Å². The van der Waals surface area contributed by atoms with E-state index in [4.69, 9.17) is 0 Å². The largest absolute Gasteiger partial charge is 0.320 e. The lowest BCUT2D eigenvalue weighted by Gasteiger charge is -2.16. The molecular formula is C22H28N3O3S+. The van der Waals surface area contributed by atoms with Crippen LogP contribution in [0.2, 0.25) is 0 Å². The molecule has 1 aromatic heterocycles. The molecule has 154 valence electrons. The zero-order chi connectivity index (χ0) is 20.4. The summed E-state index contributed by atoms with van der Waals surface area (Å²) in [5.41, 5.74) is 3.31. The second-order valence-corrected chi connectivity index (χ2v) is 9.89. The number of pyridine rings is 1. The van der Waals surface area contributed by atoms with Crippen molar-refractivity contribution in [1.82, 2.24) is 4.31 Å². The van der Waals surface area contributed by atoms with Crippen LogP contribution in [0.4, 0.5) is 5.69 Å². The average molecular weight is 415 g/mol. The van der Waals surface area contributed by atoms with E-state index in [0.717, 1.165) is 25.7 Å². The number of anilines is 1. The number of carbonyl (C=O) groups is 1. The van der Waals surface area contributed by atoms with Crippen molar-refractivity contribution in [3.8, 4) is 0 Å². The molecule has 1 aliphatic heterocycles. The lowest BCUT2D eigenvalue weighted by Crippen LogP contribution is -2.44. The summed E-state index contributed by atoms with van der Waals surface area (Å²) < 4.78 is 28.7. The maximum atomic E-state index is 12.7. The van der Waals surface area contributed by atoms with Crippen LogP contribution in [0.15, 0.2) is 47.6 Å². The topological polar surface area (TPSA) is 70.4 Å². The normalized spacial score (nSPS) is 18.2. The molecule has 0 unspecified atom stereocenters. The minimum Gasteiger partial charge on any atom is -0.320 e. The Morgan fingerprint density at radius 3 is 2.34 bits per heavy atom. The number of aromatic nitrogens is 1. The third kappa shape index (κ3) is 4.21. The van der Waals surface area contributed by atoms with Gasteiger partial charge in [0.15, 0.2) is 12.4 Å². The SMILES string of the molecule is C[C@H](C(=O)Nc1ccc(S(=O)(=O)N2CCCC2)cc1)[n+]1ccc2c(c1)CCCC2. The van der Waals surface area contributed by atoms with Crippen molar-refractivity contribution in [2.75, 3.05) is 18.4 Å². The third-order valence-electron chi connectivity index (χ3n) is 5.96. The molecule has 1 N–H and O–H groups in total. The fourth-order valence-electron chi connectivity index (χ4n) is 4.10. The van der Waals surface area contributed by atoms with Crippen LogP contribution in [0.25, 0.3) is 0 Å². The number of amides is 1. The molecule has 1 fully saturated rings. The fraction of sp³-hybridized carbons (Fsp3) is 0.455. The summed E-state index contributed by atoms with van der Waals surface area (Å²) in [7, 11) is -3.44. The Hall–Kier alpha value is -2.25. The number of nitrogens with one attached hydrogen (secondary N) is 1. The van der Waals surface area contributed by atoms with Gasteiger partial charge in [0.25, 0.3) is 5.91 Å². The second-order valence-electron chi connectivity index (χ2n) is 7.95. The molecule has 0 saturated carbocycles. The van der Waals surface area contributed by atoms with Crippen LogP contribution >= 0.6 is 0 Å². The number of sulfonamides is 1. The van der Waals surface area contributed by atoms with Crippen molar-refractivity contribution in [1.29, 1.82) is 0 Å². The van der Waals surface area contributed by atoms with Gasteiger partial charge in [0.1, 0.15) is 0 Å². The fourth-order valence-corrected chi connectivity index (χ4v) is 5.62. The van der Waals surface area contributed by atoms with Gasteiger partial charge in [-0.3, -0.25) is 4.79 Å². The van der Waals surface area contributed by atoms with Crippen molar-refractivity contribution in [2.24, 2.45) is 0 Å². The first-order valence-electron chi connectivity index (χ1n) is 10.4. The van der Waals surface area contributed by atoms with E-state index in [0.29, 0.717) is 18.8 Å². The molecule has 1 aromatic carbocycles. The number of rotatable bonds is 5. The van der Waals surface area contributed by atoms with Crippen molar-refractivity contribution in [3.05, 3.63) is 53.9 Å². The van der Waals surface area contributed by atoms with Gasteiger partial charge in [-0.25, -0.2) is 8.42 Å². The molecule has 1 amide bonds. The highest BCUT2D eigenvalue weighted by Crippen LogP contribution is 2.23. The van der Waals surface area contributed by atoms with Gasteiger partial charge >= 0.3 is 0 Å². The van der Waals surface area contributed by atoms with Crippen LogP contribution in [0.1, 0.15) is 49.8 Å². The summed E-state index contributed by atoms with van der Waals surface area (Å²) in [6, 6.07) is 8.22. The van der Waals surface area contributed by atoms with E-state index in [2.05, 4.69) is 17.6 Å². The maximum Gasteiger partial charge on any atom is 0.293 e. The lowest BCUT2D eigenvalue weighted by atomic mass is 9.93. The summed E-state index contributed by atoms with van der Waals surface area (Å²) in [4.78, 5) is 13.0. The highest BCUT2D eigenvalue weighted by Gasteiger charge is 2.27. The first-order chi connectivity index (χ1) is 13.9. The first kappa shape index (κ1) is 20.0. The number of hydrogen-bond donors (Lipinski definition) is 1. The Morgan fingerprint density at radius 1 is 1.00 bits per heavy atom. The van der Waals surface area contributed by atoms with E-state index in [-0.39, 0.29) is 16.8 Å². The summed E-state index contributed by atoms with van der Waals surface area (Å²) in [5, 5.41) is 2.90. The summed E-state index contributed by atoms with van der Waals surface area (Å²) in [6.45, 7) is 3.03. The van der Waals surface area contributed by atoms with Gasteiger partial charge < -0.3 is 5.32 Å². The van der Waals surface area contributed by atoms with Crippen molar-refractivity contribution >= 4 is 21.6 Å². The number of benzene rings is 1. The number of hydrogen-bond acceptors (Lipinski definition) is 3. The quantitative estimate of drug-likeness (QED) is 0.765. The van der Waals surface area contributed by atoms with Crippen LogP contribution in [-0.2, 0) is 27.7 Å². The maximum absolute atomic E-state index is 12.7. The van der Waals surface area contributed by atoms with Crippen molar-refractivity contribution in [3.63, 3.8) is 0 Å². The smallest absolute Gasteiger partial charge is 0.293 e. The monoisotopic (exact) mass is 414 g/mol. The van der Waals surface area contributed by atoms with Crippen molar-refractivity contribution in [2.45, 2.75) is 56.4 Å². The van der Waals surface area contributed by atoms with Gasteiger partial charge in [0.05, 0.1) is 4.90 Å². The molecule has 0 spiro atoms. The zero-order valence-corrected chi connectivity index (χ0v) is 17.6. The summed E-state index contributed by atoms with van der Waals surface area (Å²) in [6.07, 6.45) is 10.5. The number of aryl methyl sites for hydroxylation is 2. The molecule has 7 heteroatoms. The molecule has 0 bridgehead atoms. The molecule has 2 heterocycles. The molecule has 2 aromatic rings. The highest BCUT2D eigenvalue weighted by molar-refractivity contribution is 7.89. The van der Waals surface area contributed by atoms with Gasteiger partial charge in [-0.2, -0.15) is 8.87 Å². The van der Waals surface area contributed by atoms with E-state index in [1.807, 2.05) is 17.7 Å². The predicted octanol–water partition coefficient (Wildman–Crippen LogP) is 2.84. The number of fused-ring (bicyclic) bond motifs is 1. The van der Waals surface area contributed by atoms with E-state index in [1.165, 1.54) is 28.3 Å². The minimum absolute atomic E-state index is 0.124. The molecule has 6 nitrogen and oxygen atoms in total. The summed E-state index contributed by atoms with van der Waals surface area (Å²) >= 11 is 0. The summed E-state index contributed by atoms with van der Waals surface area (Å²) in [5.74, 6) is -0.124. The van der Waals surface area contributed by atoms with Crippen LogP contribution in [0.5, 0.6) is 0 Å². The van der Waals surface area contributed by atoms with E-state index in [1.54, 1.807) is 24.3 Å². The van der Waals surface area contributed by atoms with Gasteiger partial charge in [-0.1, -0.05) is 0 Å². The lowest BCUT2D eigenvalue weighted by molar-refractivity contribution is -0.706. The van der Waals surface area contributed by atoms with Crippen LogP contribution in [0.3, 0.4) is 0 Å². The molecule has 29 heavy (non-hydrogen) atoms. The predicted molar refractivity (Wildman–Crippen MR) is 111 cm³/mol. The Morgan fingerprint density at radius 2 is 1.66 bits per heavy atom. The number of carbonyl (C=O) groups excluding carboxylic acids is 1. The van der Waals surface area contributed by atoms with Crippen LogP contribution in [0, 0.1) is 0 Å². The van der Waals surface area contributed by atoms with Crippen LogP contribution in [-0.4, -0.2) is 31.7 Å². The molecule has 1 atom stereocenters. The highest BCUT2D eigenvalue weighted by atomic mass is 32.2. The Kier molecular flexibility index (Phi) is 5.69. The molecule has 2 aliphatic rings. The Bertz CT molecular complexity index is 996. The minimum atomic E-state index is -3.44. The van der Waals surface area contributed by atoms with Gasteiger partial charge in [0.2, 0.25) is 16.1 Å². The molecule has 0 radical (unpaired) electrons. The standard InChI is InChI=1S/C22H27N3O3S/c1-17(24-15-12-18-6-2-3-7-19(18)16-24)22(26)23-20-8-10-21(11-9-20)29(27,28)25-13-4-5-14-25/h8-12,15-17H,2-7,13-14H2,1H3/p+1/t17-/m1/s1. The average Bonchev–Trinajstić information content (AvgIpc) is 3.29. The molecular weight excluding hydrogens is 386 g/mol. The molecule has 1 saturated heterocycles. The number of nitrogens with zero attached hydrogens (tertiary/aromatic N) is 2. The first-order valence-corrected chi connectivity index (χ1v) is 11.8. The van der Waals surface area contributed by atoms with Gasteiger partial charge in [-0.15, -0.1) is 0 Å². The Labute approximate surface area is 172 Å². The molecule has 1 aliphatic carbocycles. The second kappa shape index (κ2) is 8.24.